The number of aromatic nitrogens is 1. The van der Waals surface area contributed by atoms with Crippen LogP contribution >= 0.6 is 11.8 Å². The Labute approximate surface area is 71.0 Å². The van der Waals surface area contributed by atoms with Gasteiger partial charge in [-0.3, -0.25) is 0 Å². The molecule has 0 aliphatic carbocycles. The van der Waals surface area contributed by atoms with E-state index in [0.29, 0.717) is 5.69 Å². The molecule has 1 rings (SSSR count). The van der Waals surface area contributed by atoms with Gasteiger partial charge in [0.05, 0.1) is 11.9 Å². The summed E-state index contributed by atoms with van der Waals surface area (Å²) in [6.07, 6.45) is 1.19. The molecule has 0 saturated carbocycles. The van der Waals surface area contributed by atoms with Gasteiger partial charge >= 0.3 is 5.51 Å². The number of rotatable bonds is 1. The minimum Gasteiger partial charge on any atom is -0.397 e. The summed E-state index contributed by atoms with van der Waals surface area (Å²) in [4.78, 5) is 3.48. The number of nitrogens with zero attached hydrogens (tertiary/aromatic N) is 1. The first-order valence-corrected chi connectivity index (χ1v) is 3.76. The topological polar surface area (TPSA) is 38.9 Å². The van der Waals surface area contributed by atoms with E-state index in [-0.39, 0.29) is 16.8 Å². The number of hydrogen-bond donors (Lipinski definition) is 1. The highest BCUT2D eigenvalue weighted by Gasteiger charge is 2.29. The molecule has 0 spiro atoms. The van der Waals surface area contributed by atoms with Crippen LogP contribution in [0.5, 0.6) is 0 Å². The van der Waals surface area contributed by atoms with Crippen LogP contribution in [0.2, 0.25) is 0 Å². The zero-order chi connectivity index (χ0) is 9.19. The predicted molar refractivity (Wildman–Crippen MR) is 40.6 cm³/mol. The third-order valence-corrected chi connectivity index (χ3v) is 1.66. The first-order chi connectivity index (χ1) is 5.47. The monoisotopic (exact) mass is 194 g/mol. The smallest absolute Gasteiger partial charge is 0.397 e. The van der Waals surface area contributed by atoms with Crippen LogP contribution in [0.25, 0.3) is 0 Å². The van der Waals surface area contributed by atoms with E-state index < -0.39 is 5.51 Å². The Hall–Kier alpha value is -0.910. The van der Waals surface area contributed by atoms with Crippen molar-refractivity contribution in [3.05, 3.63) is 18.3 Å². The number of nitrogens with two attached hydrogens (primary N) is 1. The summed E-state index contributed by atoms with van der Waals surface area (Å²) in [7, 11) is 0. The summed E-state index contributed by atoms with van der Waals surface area (Å²) in [6, 6.07) is 2.61. The number of nitrogen functional groups attached to an aromatic ring is 1. The van der Waals surface area contributed by atoms with Crippen LogP contribution in [0.15, 0.2) is 23.4 Å². The Balaban J connectivity index is 2.71. The summed E-state index contributed by atoms with van der Waals surface area (Å²) in [5.74, 6) is 0. The van der Waals surface area contributed by atoms with Crippen molar-refractivity contribution in [1.82, 2.24) is 4.98 Å². The van der Waals surface area contributed by atoms with Crippen LogP contribution in [0.4, 0.5) is 18.9 Å². The lowest BCUT2D eigenvalue weighted by Gasteiger charge is -2.03. The maximum absolute atomic E-state index is 11.7. The average molecular weight is 194 g/mol. The molecule has 0 aliphatic heterocycles. The third-order valence-electron chi connectivity index (χ3n) is 0.980. The van der Waals surface area contributed by atoms with Crippen LogP contribution in [0.1, 0.15) is 0 Å². The van der Waals surface area contributed by atoms with Crippen LogP contribution < -0.4 is 5.73 Å². The SMILES string of the molecule is Nc1ccc(SC(F)(F)F)nc1. The summed E-state index contributed by atoms with van der Waals surface area (Å²) in [6.45, 7) is 0. The maximum Gasteiger partial charge on any atom is 0.447 e. The third kappa shape index (κ3) is 3.00. The molecular formula is C6H5F3N2S. The summed E-state index contributed by atoms with van der Waals surface area (Å²) in [5, 5.41) is -0.100. The second-order valence-electron chi connectivity index (χ2n) is 1.98. The van der Waals surface area contributed by atoms with E-state index in [1.165, 1.54) is 18.3 Å². The van der Waals surface area contributed by atoms with E-state index in [4.69, 9.17) is 5.73 Å². The van der Waals surface area contributed by atoms with E-state index in [2.05, 4.69) is 4.98 Å². The van der Waals surface area contributed by atoms with E-state index >= 15 is 0 Å². The first kappa shape index (κ1) is 9.18. The quantitative estimate of drug-likeness (QED) is 0.697. The number of pyridine rings is 1. The van der Waals surface area contributed by atoms with Crippen molar-refractivity contribution in [2.75, 3.05) is 5.73 Å². The number of hydrogen-bond acceptors (Lipinski definition) is 3. The van der Waals surface area contributed by atoms with Gasteiger partial charge in [0.15, 0.2) is 0 Å². The van der Waals surface area contributed by atoms with Crippen molar-refractivity contribution in [2.24, 2.45) is 0 Å². The van der Waals surface area contributed by atoms with E-state index in [1.54, 1.807) is 0 Å². The maximum atomic E-state index is 11.7. The molecule has 0 aliphatic rings. The zero-order valence-electron chi connectivity index (χ0n) is 5.80. The fraction of sp³-hybridized carbons (Fsp3) is 0.167. The second-order valence-corrected chi connectivity index (χ2v) is 3.06. The molecule has 2 N–H and O–H groups in total. The molecule has 1 heterocycles. The standard InChI is InChI=1S/C6H5F3N2S/c7-6(8,9)12-5-2-1-4(10)3-11-5/h1-3H,10H2. The molecule has 0 saturated heterocycles. The lowest BCUT2D eigenvalue weighted by Crippen LogP contribution is -2.00. The number of thioether (sulfide) groups is 1. The van der Waals surface area contributed by atoms with Gasteiger partial charge in [0, 0.05) is 11.8 Å². The molecule has 0 bridgehead atoms. The Morgan fingerprint density at radius 3 is 2.42 bits per heavy atom. The van der Waals surface area contributed by atoms with Crippen molar-refractivity contribution in [1.29, 1.82) is 0 Å². The molecule has 0 radical (unpaired) electrons. The molecule has 1 aromatic rings. The highest BCUT2D eigenvalue weighted by molar-refractivity contribution is 8.00. The number of halogens is 3. The number of anilines is 1. The Morgan fingerprint density at radius 2 is 2.00 bits per heavy atom. The molecule has 12 heavy (non-hydrogen) atoms. The molecular weight excluding hydrogens is 189 g/mol. The van der Waals surface area contributed by atoms with Crippen molar-refractivity contribution < 1.29 is 13.2 Å². The van der Waals surface area contributed by atoms with Crippen LogP contribution in [-0.4, -0.2) is 10.5 Å². The molecule has 0 atom stereocenters. The molecule has 6 heteroatoms. The van der Waals surface area contributed by atoms with Gasteiger partial charge in [-0.05, 0) is 12.1 Å². The van der Waals surface area contributed by atoms with Crippen LogP contribution in [0, 0.1) is 0 Å². The van der Waals surface area contributed by atoms with Gasteiger partial charge in [-0.1, -0.05) is 0 Å². The van der Waals surface area contributed by atoms with Gasteiger partial charge in [0.25, 0.3) is 0 Å². The van der Waals surface area contributed by atoms with Crippen molar-refractivity contribution in [2.45, 2.75) is 10.5 Å². The average Bonchev–Trinajstić information content (AvgIpc) is 1.91. The molecule has 2 nitrogen and oxygen atoms in total. The fourth-order valence-corrected chi connectivity index (χ4v) is 1.05. The van der Waals surface area contributed by atoms with Crippen molar-refractivity contribution in [3.8, 4) is 0 Å². The normalized spacial score (nSPS) is 11.6. The minimum absolute atomic E-state index is 0.100. The Morgan fingerprint density at radius 1 is 1.33 bits per heavy atom. The number of alkyl halides is 3. The predicted octanol–water partition coefficient (Wildman–Crippen LogP) is 2.28. The molecule has 0 aromatic carbocycles. The van der Waals surface area contributed by atoms with Gasteiger partial charge in [0.2, 0.25) is 0 Å². The van der Waals surface area contributed by atoms with Crippen molar-refractivity contribution >= 4 is 17.4 Å². The highest BCUT2D eigenvalue weighted by atomic mass is 32.2. The molecule has 66 valence electrons. The molecule has 0 amide bonds. The second kappa shape index (κ2) is 3.22. The highest BCUT2D eigenvalue weighted by Crippen LogP contribution is 2.35. The lowest BCUT2D eigenvalue weighted by atomic mass is 10.4. The Kier molecular flexibility index (Phi) is 2.46. The molecule has 1 aromatic heterocycles. The molecule has 0 unspecified atom stereocenters. The Bertz CT molecular complexity index is 256. The lowest BCUT2D eigenvalue weighted by molar-refractivity contribution is -0.0329. The van der Waals surface area contributed by atoms with Gasteiger partial charge in [-0.25, -0.2) is 4.98 Å². The zero-order valence-corrected chi connectivity index (χ0v) is 6.62. The van der Waals surface area contributed by atoms with E-state index in [0.717, 1.165) is 0 Å². The van der Waals surface area contributed by atoms with Crippen LogP contribution in [-0.2, 0) is 0 Å². The fourth-order valence-electron chi connectivity index (χ4n) is 0.571. The summed E-state index contributed by atoms with van der Waals surface area (Å²) >= 11 is -0.257. The summed E-state index contributed by atoms with van der Waals surface area (Å²) < 4.78 is 35.2. The van der Waals surface area contributed by atoms with Gasteiger partial charge in [0.1, 0.15) is 5.03 Å². The minimum atomic E-state index is -4.29. The van der Waals surface area contributed by atoms with Gasteiger partial charge in [-0.2, -0.15) is 13.2 Å². The van der Waals surface area contributed by atoms with E-state index in [9.17, 15) is 13.2 Å². The largest absolute Gasteiger partial charge is 0.447 e. The summed E-state index contributed by atoms with van der Waals surface area (Å²) in [5.41, 5.74) is 1.30. The van der Waals surface area contributed by atoms with Gasteiger partial charge in [-0.15, -0.1) is 0 Å². The molecule has 0 fully saturated rings. The van der Waals surface area contributed by atoms with E-state index in [1.807, 2.05) is 0 Å². The first-order valence-electron chi connectivity index (χ1n) is 2.95. The van der Waals surface area contributed by atoms with Gasteiger partial charge < -0.3 is 5.73 Å². The van der Waals surface area contributed by atoms with Crippen LogP contribution in [0.3, 0.4) is 0 Å². The van der Waals surface area contributed by atoms with Crippen molar-refractivity contribution in [3.63, 3.8) is 0 Å².